The van der Waals surface area contributed by atoms with Gasteiger partial charge in [-0.1, -0.05) is 42.8 Å². The molecule has 0 heterocycles. The van der Waals surface area contributed by atoms with Crippen LogP contribution in [-0.2, 0) is 6.42 Å². The summed E-state index contributed by atoms with van der Waals surface area (Å²) in [6, 6.07) is 8.75. The van der Waals surface area contributed by atoms with Crippen LogP contribution in [0.3, 0.4) is 0 Å². The summed E-state index contributed by atoms with van der Waals surface area (Å²) < 4.78 is 0. The molecule has 92 valence electrons. The van der Waals surface area contributed by atoms with E-state index in [1.54, 1.807) is 11.1 Å². The van der Waals surface area contributed by atoms with Crippen molar-refractivity contribution in [1.82, 2.24) is 0 Å². The van der Waals surface area contributed by atoms with Gasteiger partial charge in [-0.3, -0.25) is 0 Å². The van der Waals surface area contributed by atoms with Gasteiger partial charge >= 0.3 is 0 Å². The van der Waals surface area contributed by atoms with Crippen LogP contribution in [0.15, 0.2) is 52.1 Å². The first-order valence-electron chi connectivity index (χ1n) is 6.77. The number of hydrogen-bond donors (Lipinski definition) is 0. The summed E-state index contributed by atoms with van der Waals surface area (Å²) in [5, 5.41) is 0. The molecule has 0 aliphatic heterocycles. The van der Waals surface area contributed by atoms with Crippen molar-refractivity contribution in [2.24, 2.45) is 5.92 Å². The van der Waals surface area contributed by atoms with E-state index in [1.165, 1.54) is 27.8 Å². The smallest absolute Gasteiger partial charge is 0.00284 e. The molecule has 0 aromatic heterocycles. The van der Waals surface area contributed by atoms with Crippen LogP contribution in [0.25, 0.3) is 6.08 Å². The van der Waals surface area contributed by atoms with E-state index in [0.717, 1.165) is 6.42 Å². The lowest BCUT2D eigenvalue weighted by atomic mass is 9.90. The Labute approximate surface area is 110 Å². The molecule has 18 heavy (non-hydrogen) atoms. The minimum Gasteiger partial charge on any atom is -0.0629 e. The topological polar surface area (TPSA) is 0 Å². The van der Waals surface area contributed by atoms with Gasteiger partial charge in [-0.25, -0.2) is 0 Å². The second-order valence-corrected chi connectivity index (χ2v) is 5.61. The third-order valence-corrected chi connectivity index (χ3v) is 4.75. The summed E-state index contributed by atoms with van der Waals surface area (Å²) in [5.74, 6) is 0.588. The summed E-state index contributed by atoms with van der Waals surface area (Å²) in [6.45, 7) is 9.16. The molecule has 3 rings (SSSR count). The molecule has 2 aliphatic carbocycles. The molecular weight excluding hydrogens is 216 g/mol. The monoisotopic (exact) mass is 236 g/mol. The van der Waals surface area contributed by atoms with Crippen LogP contribution >= 0.6 is 0 Å². The SMILES string of the molecule is CC1=C(C)C(C)C(C2=Cc3ccccc3C2)=C1C. The maximum absolute atomic E-state index is 2.39. The first-order valence-corrected chi connectivity index (χ1v) is 6.77. The summed E-state index contributed by atoms with van der Waals surface area (Å²) in [4.78, 5) is 0. The van der Waals surface area contributed by atoms with E-state index in [4.69, 9.17) is 0 Å². The lowest BCUT2D eigenvalue weighted by Crippen LogP contribution is -2.01. The maximum atomic E-state index is 2.39. The highest BCUT2D eigenvalue weighted by Gasteiger charge is 2.27. The fraction of sp³-hybridized carbons (Fsp3) is 0.333. The molecule has 0 bridgehead atoms. The molecule has 1 aromatic rings. The Hall–Kier alpha value is -1.56. The van der Waals surface area contributed by atoms with Gasteiger partial charge in [0.2, 0.25) is 0 Å². The molecule has 0 saturated heterocycles. The third kappa shape index (κ3) is 1.52. The van der Waals surface area contributed by atoms with Gasteiger partial charge < -0.3 is 0 Å². The zero-order chi connectivity index (χ0) is 12.9. The Bertz CT molecular complexity index is 609. The average molecular weight is 236 g/mol. The van der Waals surface area contributed by atoms with E-state index >= 15 is 0 Å². The second-order valence-electron chi connectivity index (χ2n) is 5.61. The Kier molecular flexibility index (Phi) is 2.55. The molecule has 0 spiro atoms. The molecule has 0 heteroatoms. The number of hydrogen-bond acceptors (Lipinski definition) is 0. The minimum absolute atomic E-state index is 0.588. The zero-order valence-electron chi connectivity index (χ0n) is 11.7. The highest BCUT2D eigenvalue weighted by atomic mass is 14.3. The van der Waals surface area contributed by atoms with Gasteiger partial charge in [0.1, 0.15) is 0 Å². The van der Waals surface area contributed by atoms with Gasteiger partial charge in [0, 0.05) is 5.92 Å². The number of allylic oxidation sites excluding steroid dienone is 5. The lowest BCUT2D eigenvalue weighted by molar-refractivity contribution is 0.817. The van der Waals surface area contributed by atoms with Crippen molar-refractivity contribution in [1.29, 1.82) is 0 Å². The Balaban J connectivity index is 2.02. The van der Waals surface area contributed by atoms with Crippen LogP contribution in [0.4, 0.5) is 0 Å². The quantitative estimate of drug-likeness (QED) is 0.648. The standard InChI is InChI=1S/C18H20/c1-11-12(2)14(4)18(13(11)3)17-9-15-7-5-6-8-16(15)10-17/h5-9,13H,10H2,1-4H3. The minimum atomic E-state index is 0.588. The maximum Gasteiger partial charge on any atom is 0.00284 e. The highest BCUT2D eigenvalue weighted by molar-refractivity contribution is 5.71. The van der Waals surface area contributed by atoms with Gasteiger partial charge in [-0.05, 0) is 60.6 Å². The normalized spacial score (nSPS) is 22.7. The molecule has 0 radical (unpaired) electrons. The molecule has 0 N–H and O–H groups in total. The van der Waals surface area contributed by atoms with E-state index in [-0.39, 0.29) is 0 Å². The van der Waals surface area contributed by atoms with E-state index in [9.17, 15) is 0 Å². The van der Waals surface area contributed by atoms with Crippen molar-refractivity contribution in [2.75, 3.05) is 0 Å². The van der Waals surface area contributed by atoms with Crippen LogP contribution in [0.2, 0.25) is 0 Å². The number of fused-ring (bicyclic) bond motifs is 1. The van der Waals surface area contributed by atoms with Crippen LogP contribution < -0.4 is 0 Å². The molecule has 0 amide bonds. The zero-order valence-corrected chi connectivity index (χ0v) is 11.7. The molecule has 0 saturated carbocycles. The molecule has 2 aliphatic rings. The van der Waals surface area contributed by atoms with Gasteiger partial charge in [-0.2, -0.15) is 0 Å². The molecule has 0 fully saturated rings. The first-order chi connectivity index (χ1) is 8.59. The van der Waals surface area contributed by atoms with Gasteiger partial charge in [-0.15, -0.1) is 0 Å². The average Bonchev–Trinajstić information content (AvgIpc) is 2.86. The molecule has 1 aromatic carbocycles. The predicted molar refractivity (Wildman–Crippen MR) is 78.4 cm³/mol. The van der Waals surface area contributed by atoms with Crippen molar-refractivity contribution in [3.05, 3.63) is 63.3 Å². The van der Waals surface area contributed by atoms with Crippen molar-refractivity contribution in [3.8, 4) is 0 Å². The van der Waals surface area contributed by atoms with Crippen LogP contribution in [0.5, 0.6) is 0 Å². The third-order valence-electron chi connectivity index (χ3n) is 4.75. The summed E-state index contributed by atoms with van der Waals surface area (Å²) in [5.41, 5.74) is 10.5. The van der Waals surface area contributed by atoms with Gasteiger partial charge in [0.05, 0.1) is 0 Å². The van der Waals surface area contributed by atoms with Crippen LogP contribution in [0, 0.1) is 5.92 Å². The number of rotatable bonds is 1. The number of benzene rings is 1. The summed E-state index contributed by atoms with van der Waals surface area (Å²) >= 11 is 0. The lowest BCUT2D eigenvalue weighted by Gasteiger charge is -2.14. The van der Waals surface area contributed by atoms with E-state index in [1.807, 2.05) is 0 Å². The fourth-order valence-electron chi connectivity index (χ4n) is 3.34. The molecule has 1 atom stereocenters. The first kappa shape index (κ1) is 11.5. The highest BCUT2D eigenvalue weighted by Crippen LogP contribution is 2.43. The van der Waals surface area contributed by atoms with Crippen molar-refractivity contribution >= 4 is 6.08 Å². The van der Waals surface area contributed by atoms with Crippen LogP contribution in [0.1, 0.15) is 38.8 Å². The van der Waals surface area contributed by atoms with Crippen LogP contribution in [-0.4, -0.2) is 0 Å². The Morgan fingerprint density at radius 1 is 1.00 bits per heavy atom. The summed E-state index contributed by atoms with van der Waals surface area (Å²) in [7, 11) is 0. The second kappa shape index (κ2) is 3.98. The van der Waals surface area contributed by atoms with Gasteiger partial charge in [0.15, 0.2) is 0 Å². The van der Waals surface area contributed by atoms with E-state index < -0.39 is 0 Å². The summed E-state index contributed by atoms with van der Waals surface area (Å²) in [6.07, 6.45) is 3.49. The molecular formula is C18H20. The fourth-order valence-corrected chi connectivity index (χ4v) is 3.34. The van der Waals surface area contributed by atoms with E-state index in [2.05, 4.69) is 58.0 Å². The van der Waals surface area contributed by atoms with Crippen molar-refractivity contribution in [2.45, 2.75) is 34.1 Å². The Morgan fingerprint density at radius 2 is 1.72 bits per heavy atom. The van der Waals surface area contributed by atoms with Crippen molar-refractivity contribution in [3.63, 3.8) is 0 Å². The predicted octanol–water partition coefficient (Wildman–Crippen LogP) is 4.93. The molecule has 0 nitrogen and oxygen atoms in total. The van der Waals surface area contributed by atoms with Gasteiger partial charge in [0.25, 0.3) is 0 Å². The Morgan fingerprint density at radius 3 is 2.33 bits per heavy atom. The largest absolute Gasteiger partial charge is 0.0629 e. The molecule has 1 unspecified atom stereocenters. The van der Waals surface area contributed by atoms with E-state index in [0.29, 0.717) is 5.92 Å². The van der Waals surface area contributed by atoms with Crippen molar-refractivity contribution < 1.29 is 0 Å².